The molecule has 150 valence electrons. The topological polar surface area (TPSA) is 61.4 Å². The van der Waals surface area contributed by atoms with E-state index in [1.807, 2.05) is 11.0 Å². The monoisotopic (exact) mass is 433 g/mol. The summed E-state index contributed by atoms with van der Waals surface area (Å²) in [5.41, 5.74) is 0.868. The summed E-state index contributed by atoms with van der Waals surface area (Å²) in [4.78, 5) is 26.6. The van der Waals surface area contributed by atoms with Crippen LogP contribution in [-0.4, -0.2) is 48.9 Å². The van der Waals surface area contributed by atoms with E-state index in [0.29, 0.717) is 35.5 Å². The van der Waals surface area contributed by atoms with Gasteiger partial charge >= 0.3 is 0 Å². The molecule has 0 spiro atoms. The Morgan fingerprint density at radius 3 is 2.70 bits per heavy atom. The third-order valence-corrected chi connectivity index (χ3v) is 5.89. The van der Waals surface area contributed by atoms with Crippen molar-refractivity contribution >= 4 is 47.4 Å². The number of hydrogen-bond acceptors (Lipinski definition) is 3. The van der Waals surface area contributed by atoms with Gasteiger partial charge in [-0.3, -0.25) is 9.59 Å². The molecule has 2 saturated heterocycles. The van der Waals surface area contributed by atoms with Crippen LogP contribution in [0, 0.1) is 5.92 Å². The molecule has 2 fully saturated rings. The molecule has 2 unspecified atom stereocenters. The predicted octanol–water partition coefficient (Wildman–Crippen LogP) is 3.06. The minimum Gasteiger partial charge on any atom is -0.354 e. The van der Waals surface area contributed by atoms with Gasteiger partial charge in [-0.05, 0) is 55.8 Å². The van der Waals surface area contributed by atoms with Gasteiger partial charge in [0.15, 0.2) is 0 Å². The number of carbonyl (C=O) groups excluding carboxylic acids is 2. The van der Waals surface area contributed by atoms with E-state index < -0.39 is 0 Å². The summed E-state index contributed by atoms with van der Waals surface area (Å²) >= 11 is 12.0. The van der Waals surface area contributed by atoms with Crippen molar-refractivity contribution in [2.24, 2.45) is 5.92 Å². The van der Waals surface area contributed by atoms with Crippen LogP contribution in [-0.2, 0) is 16.0 Å². The summed E-state index contributed by atoms with van der Waals surface area (Å²) in [5.74, 6) is 0.491. The highest BCUT2D eigenvalue weighted by Gasteiger charge is 2.26. The number of hydrogen-bond donors (Lipinski definition) is 2. The number of benzene rings is 1. The lowest BCUT2D eigenvalue weighted by atomic mass is 9.97. The first-order valence-electron chi connectivity index (χ1n) is 9.25. The standard InChI is InChI=1S/C19H25Cl2N3O2.ClH/c20-15-6-5-13(9-16(15)21)10-18(25)24-8-2-3-14(12-24)11-23-19(26)17-4-1-7-22-17;/h5-6,9,14,17,22H,1-4,7-8,10-12H2,(H,23,26);1H. The fourth-order valence-corrected chi connectivity index (χ4v) is 3.99. The molecule has 8 heteroatoms. The minimum atomic E-state index is -0.0500. The molecule has 1 aromatic rings. The van der Waals surface area contributed by atoms with Crippen molar-refractivity contribution in [1.29, 1.82) is 0 Å². The Morgan fingerprint density at radius 1 is 1.19 bits per heavy atom. The molecular weight excluding hydrogens is 409 g/mol. The highest BCUT2D eigenvalue weighted by atomic mass is 35.5. The van der Waals surface area contributed by atoms with Crippen molar-refractivity contribution in [3.63, 3.8) is 0 Å². The van der Waals surface area contributed by atoms with Crippen molar-refractivity contribution in [2.75, 3.05) is 26.2 Å². The lowest BCUT2D eigenvalue weighted by molar-refractivity contribution is -0.132. The number of rotatable bonds is 5. The van der Waals surface area contributed by atoms with Crippen molar-refractivity contribution < 1.29 is 9.59 Å². The quantitative estimate of drug-likeness (QED) is 0.749. The molecule has 5 nitrogen and oxygen atoms in total. The highest BCUT2D eigenvalue weighted by Crippen LogP contribution is 2.23. The van der Waals surface area contributed by atoms with Gasteiger partial charge < -0.3 is 15.5 Å². The lowest BCUT2D eigenvalue weighted by Gasteiger charge is -2.33. The Balaban J connectivity index is 0.00000261. The summed E-state index contributed by atoms with van der Waals surface area (Å²) in [6.45, 7) is 3.01. The molecule has 0 bridgehead atoms. The maximum absolute atomic E-state index is 12.6. The number of carbonyl (C=O) groups is 2. The fraction of sp³-hybridized carbons (Fsp3) is 0.579. The van der Waals surface area contributed by atoms with Crippen LogP contribution < -0.4 is 10.6 Å². The Bertz CT molecular complexity index is 666. The zero-order chi connectivity index (χ0) is 18.5. The van der Waals surface area contributed by atoms with Crippen LogP contribution in [0.25, 0.3) is 0 Å². The molecule has 2 atom stereocenters. The Hall–Kier alpha value is -1.01. The lowest BCUT2D eigenvalue weighted by Crippen LogP contribution is -2.47. The molecule has 2 aliphatic rings. The van der Waals surface area contributed by atoms with E-state index in [1.54, 1.807) is 12.1 Å². The third-order valence-electron chi connectivity index (χ3n) is 5.15. The van der Waals surface area contributed by atoms with Crippen LogP contribution in [0.3, 0.4) is 0 Å². The molecule has 0 radical (unpaired) electrons. The molecular formula is C19H26Cl3N3O2. The molecule has 0 aliphatic carbocycles. The number of nitrogens with zero attached hydrogens (tertiary/aromatic N) is 1. The van der Waals surface area contributed by atoms with Gasteiger partial charge in [0.25, 0.3) is 0 Å². The van der Waals surface area contributed by atoms with Crippen molar-refractivity contribution in [3.8, 4) is 0 Å². The molecule has 3 rings (SSSR count). The molecule has 2 heterocycles. The zero-order valence-electron chi connectivity index (χ0n) is 15.2. The van der Waals surface area contributed by atoms with E-state index in [0.717, 1.165) is 44.3 Å². The van der Waals surface area contributed by atoms with Gasteiger partial charge in [0.05, 0.1) is 22.5 Å². The average molecular weight is 435 g/mol. The van der Waals surface area contributed by atoms with Gasteiger partial charge in [-0.15, -0.1) is 12.4 Å². The van der Waals surface area contributed by atoms with Crippen LogP contribution in [0.2, 0.25) is 10.0 Å². The summed E-state index contributed by atoms with van der Waals surface area (Å²) in [5, 5.41) is 7.22. The van der Waals surface area contributed by atoms with Gasteiger partial charge in [0.1, 0.15) is 0 Å². The molecule has 0 saturated carbocycles. The average Bonchev–Trinajstić information content (AvgIpc) is 3.18. The highest BCUT2D eigenvalue weighted by molar-refractivity contribution is 6.42. The Morgan fingerprint density at radius 2 is 2.00 bits per heavy atom. The van der Waals surface area contributed by atoms with E-state index in [2.05, 4.69) is 10.6 Å². The summed E-state index contributed by atoms with van der Waals surface area (Å²) in [7, 11) is 0. The maximum atomic E-state index is 12.6. The van der Waals surface area contributed by atoms with Crippen LogP contribution in [0.1, 0.15) is 31.2 Å². The van der Waals surface area contributed by atoms with Crippen LogP contribution in [0.15, 0.2) is 18.2 Å². The van der Waals surface area contributed by atoms with Gasteiger partial charge in [-0.25, -0.2) is 0 Å². The second kappa shape index (κ2) is 10.5. The Kier molecular flexibility index (Phi) is 8.67. The second-order valence-corrected chi connectivity index (χ2v) is 7.98. The smallest absolute Gasteiger partial charge is 0.237 e. The van der Waals surface area contributed by atoms with Gasteiger partial charge in [-0.1, -0.05) is 29.3 Å². The number of amides is 2. The van der Waals surface area contributed by atoms with E-state index in [-0.39, 0.29) is 30.3 Å². The number of piperidine rings is 1. The van der Waals surface area contributed by atoms with Crippen LogP contribution in [0.4, 0.5) is 0 Å². The van der Waals surface area contributed by atoms with Crippen molar-refractivity contribution in [3.05, 3.63) is 33.8 Å². The maximum Gasteiger partial charge on any atom is 0.237 e. The number of halogens is 3. The van der Waals surface area contributed by atoms with Crippen LogP contribution in [0.5, 0.6) is 0 Å². The van der Waals surface area contributed by atoms with Gasteiger partial charge in [0, 0.05) is 19.6 Å². The minimum absolute atomic E-state index is 0. The predicted molar refractivity (Wildman–Crippen MR) is 111 cm³/mol. The largest absolute Gasteiger partial charge is 0.354 e. The number of nitrogens with one attached hydrogen (secondary N) is 2. The first-order chi connectivity index (χ1) is 12.5. The molecule has 1 aromatic carbocycles. The van der Waals surface area contributed by atoms with E-state index in [9.17, 15) is 9.59 Å². The summed E-state index contributed by atoms with van der Waals surface area (Å²) in [6, 6.07) is 5.25. The first-order valence-corrected chi connectivity index (χ1v) is 10.0. The summed E-state index contributed by atoms with van der Waals surface area (Å²) in [6.07, 6.45) is 4.29. The first kappa shape index (κ1) is 22.3. The molecule has 2 aliphatic heterocycles. The van der Waals surface area contributed by atoms with Crippen molar-refractivity contribution in [1.82, 2.24) is 15.5 Å². The van der Waals surface area contributed by atoms with E-state index in [4.69, 9.17) is 23.2 Å². The molecule has 0 aromatic heterocycles. The Labute approximate surface area is 176 Å². The second-order valence-electron chi connectivity index (χ2n) is 7.17. The van der Waals surface area contributed by atoms with E-state index in [1.165, 1.54) is 0 Å². The molecule has 27 heavy (non-hydrogen) atoms. The van der Waals surface area contributed by atoms with Gasteiger partial charge in [-0.2, -0.15) is 0 Å². The normalized spacial score (nSPS) is 22.2. The zero-order valence-corrected chi connectivity index (χ0v) is 17.5. The van der Waals surface area contributed by atoms with Gasteiger partial charge in [0.2, 0.25) is 11.8 Å². The van der Waals surface area contributed by atoms with Crippen LogP contribution >= 0.6 is 35.6 Å². The SMILES string of the molecule is Cl.O=C(NCC1CCCN(C(=O)Cc2ccc(Cl)c(Cl)c2)C1)C1CCCN1. The molecule has 2 amide bonds. The molecule has 2 N–H and O–H groups in total. The fourth-order valence-electron chi connectivity index (χ4n) is 3.67. The van der Waals surface area contributed by atoms with Crippen molar-refractivity contribution in [2.45, 2.75) is 38.1 Å². The van der Waals surface area contributed by atoms with E-state index >= 15 is 0 Å². The number of likely N-dealkylation sites (tertiary alicyclic amines) is 1. The summed E-state index contributed by atoms with van der Waals surface area (Å²) < 4.78 is 0. The third kappa shape index (κ3) is 6.24.